The second-order valence-electron chi connectivity index (χ2n) is 6.07. The molecule has 0 aliphatic heterocycles. The third-order valence-electron chi connectivity index (χ3n) is 4.73. The molecule has 2 aromatic rings. The first-order chi connectivity index (χ1) is 10.3. The van der Waals surface area contributed by atoms with E-state index in [1.807, 2.05) is 0 Å². The summed E-state index contributed by atoms with van der Waals surface area (Å²) in [7, 11) is 0. The van der Waals surface area contributed by atoms with Crippen LogP contribution < -0.4 is 5.32 Å². The highest BCUT2D eigenvalue weighted by Crippen LogP contribution is 2.35. The smallest absolute Gasteiger partial charge is 0.0354 e. The van der Waals surface area contributed by atoms with Crippen LogP contribution in [0.15, 0.2) is 48.5 Å². The van der Waals surface area contributed by atoms with Crippen molar-refractivity contribution in [3.63, 3.8) is 0 Å². The Hall–Kier alpha value is -1.60. The lowest BCUT2D eigenvalue weighted by molar-refractivity contribution is 0.380. The number of benzene rings is 2. The molecule has 0 heterocycles. The topological polar surface area (TPSA) is 12.0 Å². The molecular weight excluding hydrogens is 254 g/mol. The third kappa shape index (κ3) is 3.03. The number of hydrogen-bond acceptors (Lipinski definition) is 1. The number of fused-ring (bicyclic) bond motifs is 1. The molecule has 0 spiro atoms. The zero-order valence-electron chi connectivity index (χ0n) is 13.1. The first kappa shape index (κ1) is 14.3. The van der Waals surface area contributed by atoms with Crippen molar-refractivity contribution in [2.75, 3.05) is 6.54 Å². The molecule has 0 radical (unpaired) electrons. The standard InChI is InChI=1S/C20H25N/c1-3-15-9-11-16(12-10-15)20(21-4-2)19-13-17-7-5-6-8-18(17)14-19/h5-12,19-21H,3-4,13-14H2,1-2H3. The summed E-state index contributed by atoms with van der Waals surface area (Å²) in [4.78, 5) is 0. The van der Waals surface area contributed by atoms with Crippen LogP contribution >= 0.6 is 0 Å². The van der Waals surface area contributed by atoms with E-state index in [9.17, 15) is 0 Å². The maximum absolute atomic E-state index is 3.71. The van der Waals surface area contributed by atoms with Crippen LogP contribution in [0.2, 0.25) is 0 Å². The molecule has 1 nitrogen and oxygen atoms in total. The molecule has 0 bridgehead atoms. The molecule has 1 aliphatic rings. The van der Waals surface area contributed by atoms with Crippen molar-refractivity contribution in [1.29, 1.82) is 0 Å². The van der Waals surface area contributed by atoms with Crippen LogP contribution in [0.25, 0.3) is 0 Å². The molecule has 3 rings (SSSR count). The van der Waals surface area contributed by atoms with Crippen molar-refractivity contribution in [1.82, 2.24) is 5.32 Å². The minimum absolute atomic E-state index is 0.466. The molecule has 2 aromatic carbocycles. The van der Waals surface area contributed by atoms with Crippen LogP contribution in [0.1, 0.15) is 42.1 Å². The summed E-state index contributed by atoms with van der Waals surface area (Å²) in [5.74, 6) is 0.676. The van der Waals surface area contributed by atoms with Gasteiger partial charge in [-0.15, -0.1) is 0 Å². The number of nitrogens with one attached hydrogen (secondary N) is 1. The minimum atomic E-state index is 0.466. The maximum Gasteiger partial charge on any atom is 0.0354 e. The second kappa shape index (κ2) is 6.44. The largest absolute Gasteiger partial charge is 0.310 e. The van der Waals surface area contributed by atoms with E-state index in [-0.39, 0.29) is 0 Å². The van der Waals surface area contributed by atoms with E-state index in [4.69, 9.17) is 0 Å². The summed E-state index contributed by atoms with van der Waals surface area (Å²) in [6.07, 6.45) is 3.51. The number of hydrogen-bond donors (Lipinski definition) is 1. The van der Waals surface area contributed by atoms with Gasteiger partial charge < -0.3 is 5.32 Å². The first-order valence-electron chi connectivity index (χ1n) is 8.20. The fourth-order valence-electron chi connectivity index (χ4n) is 3.57. The molecule has 0 saturated carbocycles. The average Bonchev–Trinajstić information content (AvgIpc) is 2.96. The lowest BCUT2D eigenvalue weighted by Crippen LogP contribution is -2.28. The summed E-state index contributed by atoms with van der Waals surface area (Å²) >= 11 is 0. The highest BCUT2D eigenvalue weighted by molar-refractivity contribution is 5.34. The van der Waals surface area contributed by atoms with Crippen LogP contribution in [-0.4, -0.2) is 6.54 Å². The SMILES string of the molecule is CCNC(c1ccc(CC)cc1)C1Cc2ccccc2C1. The van der Waals surface area contributed by atoms with Crippen molar-refractivity contribution < 1.29 is 0 Å². The third-order valence-corrected chi connectivity index (χ3v) is 4.73. The van der Waals surface area contributed by atoms with Crippen LogP contribution in [0.5, 0.6) is 0 Å². The highest BCUT2D eigenvalue weighted by atomic mass is 14.9. The number of rotatable bonds is 5. The Kier molecular flexibility index (Phi) is 4.40. The van der Waals surface area contributed by atoms with Crippen molar-refractivity contribution in [3.05, 3.63) is 70.8 Å². The minimum Gasteiger partial charge on any atom is -0.310 e. The Morgan fingerprint density at radius 2 is 1.57 bits per heavy atom. The molecule has 110 valence electrons. The van der Waals surface area contributed by atoms with E-state index in [1.165, 1.54) is 35.1 Å². The molecule has 1 unspecified atom stereocenters. The van der Waals surface area contributed by atoms with Crippen LogP contribution in [-0.2, 0) is 19.3 Å². The van der Waals surface area contributed by atoms with Gasteiger partial charge in [-0.05, 0) is 54.0 Å². The Labute approximate surface area is 128 Å². The van der Waals surface area contributed by atoms with Gasteiger partial charge in [-0.1, -0.05) is 62.4 Å². The van der Waals surface area contributed by atoms with Gasteiger partial charge in [0.05, 0.1) is 0 Å². The predicted molar refractivity (Wildman–Crippen MR) is 89.6 cm³/mol. The summed E-state index contributed by atoms with van der Waals surface area (Å²) < 4.78 is 0. The molecule has 1 aliphatic carbocycles. The maximum atomic E-state index is 3.71. The van der Waals surface area contributed by atoms with Gasteiger partial charge in [-0.25, -0.2) is 0 Å². The van der Waals surface area contributed by atoms with Crippen LogP contribution in [0.3, 0.4) is 0 Å². The zero-order chi connectivity index (χ0) is 14.7. The highest BCUT2D eigenvalue weighted by Gasteiger charge is 2.28. The summed E-state index contributed by atoms with van der Waals surface area (Å²) in [5.41, 5.74) is 5.93. The van der Waals surface area contributed by atoms with Gasteiger partial charge in [-0.3, -0.25) is 0 Å². The molecule has 0 aromatic heterocycles. The Bertz CT molecular complexity index is 560. The van der Waals surface area contributed by atoms with E-state index in [0.29, 0.717) is 12.0 Å². The van der Waals surface area contributed by atoms with E-state index < -0.39 is 0 Å². The molecule has 1 N–H and O–H groups in total. The molecule has 1 atom stereocenters. The normalized spacial score (nSPS) is 15.9. The second-order valence-corrected chi connectivity index (χ2v) is 6.07. The van der Waals surface area contributed by atoms with E-state index in [0.717, 1.165) is 13.0 Å². The molecule has 0 saturated heterocycles. The van der Waals surface area contributed by atoms with Gasteiger partial charge in [0.2, 0.25) is 0 Å². The molecule has 0 fully saturated rings. The van der Waals surface area contributed by atoms with Gasteiger partial charge in [0.15, 0.2) is 0 Å². The first-order valence-corrected chi connectivity index (χ1v) is 8.20. The van der Waals surface area contributed by atoms with Gasteiger partial charge in [-0.2, -0.15) is 0 Å². The van der Waals surface area contributed by atoms with Crippen LogP contribution in [0.4, 0.5) is 0 Å². The lowest BCUT2D eigenvalue weighted by atomic mass is 9.90. The molecular formula is C20H25N. The van der Waals surface area contributed by atoms with E-state index >= 15 is 0 Å². The van der Waals surface area contributed by atoms with E-state index in [1.54, 1.807) is 0 Å². The Balaban J connectivity index is 1.82. The summed E-state index contributed by atoms with van der Waals surface area (Å²) in [6, 6.07) is 18.6. The predicted octanol–water partition coefficient (Wildman–Crippen LogP) is 4.31. The van der Waals surface area contributed by atoms with E-state index in [2.05, 4.69) is 67.7 Å². The fourth-order valence-corrected chi connectivity index (χ4v) is 3.57. The van der Waals surface area contributed by atoms with Gasteiger partial charge in [0.1, 0.15) is 0 Å². The average molecular weight is 279 g/mol. The summed E-state index contributed by atoms with van der Waals surface area (Å²) in [5, 5.41) is 3.71. The zero-order valence-corrected chi connectivity index (χ0v) is 13.1. The Morgan fingerprint density at radius 3 is 2.10 bits per heavy atom. The fraction of sp³-hybridized carbons (Fsp3) is 0.400. The quantitative estimate of drug-likeness (QED) is 0.859. The summed E-state index contributed by atoms with van der Waals surface area (Å²) in [6.45, 7) is 5.44. The van der Waals surface area contributed by atoms with Gasteiger partial charge >= 0.3 is 0 Å². The monoisotopic (exact) mass is 279 g/mol. The van der Waals surface area contributed by atoms with Crippen molar-refractivity contribution >= 4 is 0 Å². The van der Waals surface area contributed by atoms with Crippen molar-refractivity contribution in [3.8, 4) is 0 Å². The van der Waals surface area contributed by atoms with Crippen LogP contribution in [0, 0.1) is 5.92 Å². The number of aryl methyl sites for hydroxylation is 1. The molecule has 21 heavy (non-hydrogen) atoms. The Morgan fingerprint density at radius 1 is 0.952 bits per heavy atom. The van der Waals surface area contributed by atoms with Crippen molar-refractivity contribution in [2.45, 2.75) is 39.2 Å². The van der Waals surface area contributed by atoms with Gasteiger partial charge in [0.25, 0.3) is 0 Å². The molecule has 0 amide bonds. The van der Waals surface area contributed by atoms with Crippen molar-refractivity contribution in [2.24, 2.45) is 5.92 Å². The van der Waals surface area contributed by atoms with Gasteiger partial charge in [0, 0.05) is 6.04 Å². The molecule has 1 heteroatoms. The lowest BCUT2D eigenvalue weighted by Gasteiger charge is -2.25.